The number of hydrogen-bond acceptors (Lipinski definition) is 5. The van der Waals surface area contributed by atoms with Crippen LogP contribution in [-0.4, -0.2) is 66.7 Å². The van der Waals surface area contributed by atoms with Crippen LogP contribution < -0.4 is 0 Å². The maximum Gasteiger partial charge on any atom is 0.307 e. The van der Waals surface area contributed by atoms with Gasteiger partial charge in [0.1, 0.15) is 12.4 Å². The molecule has 0 N–H and O–H groups in total. The zero-order valence-corrected chi connectivity index (χ0v) is 18.1. The Balaban J connectivity index is 1.49. The lowest BCUT2D eigenvalue weighted by Crippen LogP contribution is -2.59. The van der Waals surface area contributed by atoms with E-state index >= 15 is 0 Å². The number of piperidine rings is 1. The number of carbonyl (C=O) groups is 2. The average Bonchev–Trinajstić information content (AvgIpc) is 3.54. The molecule has 1 spiro atoms. The SMILES string of the molecule is COC(=O)CC(c1ccc(Br)cc1F)N1CCC2(CC1)CN(C1CC1)C(=O)CO2. The third kappa shape index (κ3) is 4.49. The molecule has 0 bridgehead atoms. The van der Waals surface area contributed by atoms with Crippen molar-refractivity contribution in [2.45, 2.75) is 49.8 Å². The fraction of sp³-hybridized carbons (Fsp3) is 0.619. The molecule has 1 atom stereocenters. The largest absolute Gasteiger partial charge is 0.469 e. The van der Waals surface area contributed by atoms with Crippen molar-refractivity contribution in [3.8, 4) is 0 Å². The standard InChI is InChI=1S/C21H26BrFN2O4/c1-28-20(27)11-18(16-5-2-14(22)10-17(16)23)24-8-6-21(7-9-24)13-25(15-3-4-15)19(26)12-29-21/h2,5,10,15,18H,3-4,6-9,11-13H2,1H3. The summed E-state index contributed by atoms with van der Waals surface area (Å²) in [5.41, 5.74) is 0.162. The minimum atomic E-state index is -0.391. The van der Waals surface area contributed by atoms with Crippen molar-refractivity contribution < 1.29 is 23.5 Å². The van der Waals surface area contributed by atoms with Gasteiger partial charge in [0.25, 0.3) is 0 Å². The molecular formula is C21H26BrFN2O4. The van der Waals surface area contributed by atoms with Gasteiger partial charge in [-0.05, 0) is 37.8 Å². The summed E-state index contributed by atoms with van der Waals surface area (Å²) in [6.07, 6.45) is 3.75. The highest BCUT2D eigenvalue weighted by molar-refractivity contribution is 9.10. The minimum absolute atomic E-state index is 0.0843. The molecule has 1 aromatic carbocycles. The van der Waals surface area contributed by atoms with Crippen molar-refractivity contribution in [1.29, 1.82) is 0 Å². The predicted molar refractivity (Wildman–Crippen MR) is 108 cm³/mol. The normalized spacial score (nSPS) is 23.3. The van der Waals surface area contributed by atoms with E-state index in [9.17, 15) is 14.0 Å². The van der Waals surface area contributed by atoms with Gasteiger partial charge in [0.2, 0.25) is 5.91 Å². The van der Waals surface area contributed by atoms with Gasteiger partial charge in [0.05, 0.1) is 25.7 Å². The second kappa shape index (κ2) is 8.32. The molecule has 1 unspecified atom stereocenters. The highest BCUT2D eigenvalue weighted by atomic mass is 79.9. The number of carbonyl (C=O) groups excluding carboxylic acids is 2. The number of amides is 1. The molecule has 4 rings (SSSR count). The second-order valence-electron chi connectivity index (χ2n) is 8.22. The number of halogens is 2. The quantitative estimate of drug-likeness (QED) is 0.621. The van der Waals surface area contributed by atoms with Crippen LogP contribution in [0.4, 0.5) is 4.39 Å². The molecule has 3 fully saturated rings. The van der Waals surface area contributed by atoms with Crippen LogP contribution in [0.15, 0.2) is 22.7 Å². The molecule has 3 aliphatic rings. The van der Waals surface area contributed by atoms with Gasteiger partial charge in [-0.1, -0.05) is 22.0 Å². The molecular weight excluding hydrogens is 443 g/mol. The third-order valence-electron chi connectivity index (χ3n) is 6.33. The van der Waals surface area contributed by atoms with E-state index in [1.807, 2.05) is 4.90 Å². The fourth-order valence-corrected chi connectivity index (χ4v) is 4.79. The summed E-state index contributed by atoms with van der Waals surface area (Å²) in [4.78, 5) is 28.3. The zero-order valence-electron chi connectivity index (χ0n) is 16.5. The maximum absolute atomic E-state index is 14.7. The summed E-state index contributed by atoms with van der Waals surface area (Å²) in [5, 5.41) is 0. The van der Waals surface area contributed by atoms with Crippen LogP contribution in [0.2, 0.25) is 0 Å². The van der Waals surface area contributed by atoms with E-state index in [4.69, 9.17) is 9.47 Å². The Hall–Kier alpha value is -1.51. The summed E-state index contributed by atoms with van der Waals surface area (Å²) in [5.74, 6) is -0.619. The number of nitrogens with zero attached hydrogens (tertiary/aromatic N) is 2. The summed E-state index contributed by atoms with van der Waals surface area (Å²) >= 11 is 3.29. The molecule has 158 valence electrons. The first-order valence-corrected chi connectivity index (χ1v) is 10.9. The van der Waals surface area contributed by atoms with E-state index in [2.05, 4.69) is 20.8 Å². The van der Waals surface area contributed by atoms with Gasteiger partial charge in [-0.3, -0.25) is 14.5 Å². The minimum Gasteiger partial charge on any atom is -0.469 e. The van der Waals surface area contributed by atoms with Gasteiger partial charge in [-0.25, -0.2) is 4.39 Å². The number of benzene rings is 1. The number of hydrogen-bond donors (Lipinski definition) is 0. The lowest BCUT2D eigenvalue weighted by Gasteiger charge is -2.48. The van der Waals surface area contributed by atoms with E-state index < -0.39 is 6.04 Å². The van der Waals surface area contributed by atoms with Gasteiger partial charge in [-0.2, -0.15) is 0 Å². The highest BCUT2D eigenvalue weighted by Crippen LogP contribution is 2.39. The maximum atomic E-state index is 14.7. The summed E-state index contributed by atoms with van der Waals surface area (Å²) in [6.45, 7) is 2.12. The summed E-state index contributed by atoms with van der Waals surface area (Å²) in [7, 11) is 1.35. The van der Waals surface area contributed by atoms with Gasteiger partial charge in [-0.15, -0.1) is 0 Å². The van der Waals surface area contributed by atoms with Gasteiger partial charge in [0.15, 0.2) is 0 Å². The third-order valence-corrected chi connectivity index (χ3v) is 6.82. The van der Waals surface area contributed by atoms with Crippen LogP contribution in [0, 0.1) is 5.82 Å². The first-order chi connectivity index (χ1) is 13.9. The summed E-state index contributed by atoms with van der Waals surface area (Å²) in [6, 6.07) is 4.93. The van der Waals surface area contributed by atoms with Crippen LogP contribution >= 0.6 is 15.9 Å². The second-order valence-corrected chi connectivity index (χ2v) is 9.14. The fourth-order valence-electron chi connectivity index (χ4n) is 4.46. The Bertz CT molecular complexity index is 793. The molecule has 1 aliphatic carbocycles. The molecule has 6 nitrogen and oxygen atoms in total. The lowest BCUT2D eigenvalue weighted by atomic mass is 9.87. The van der Waals surface area contributed by atoms with Crippen molar-refractivity contribution in [3.63, 3.8) is 0 Å². The summed E-state index contributed by atoms with van der Waals surface area (Å²) < 4.78 is 26.2. The van der Waals surface area contributed by atoms with Crippen molar-refractivity contribution in [2.75, 3.05) is 33.4 Å². The Labute approximate surface area is 178 Å². The average molecular weight is 469 g/mol. The molecule has 1 amide bonds. The number of morpholine rings is 1. The first kappa shape index (κ1) is 20.8. The van der Waals surface area contributed by atoms with Crippen LogP contribution in [0.25, 0.3) is 0 Å². The van der Waals surface area contributed by atoms with Crippen LogP contribution in [0.5, 0.6) is 0 Å². The molecule has 1 saturated carbocycles. The molecule has 2 saturated heterocycles. The van der Waals surface area contributed by atoms with Gasteiger partial charge in [0, 0.05) is 35.2 Å². The van der Waals surface area contributed by atoms with E-state index in [0.717, 1.165) is 25.7 Å². The van der Waals surface area contributed by atoms with Crippen LogP contribution in [0.1, 0.15) is 43.7 Å². The Morgan fingerprint density at radius 1 is 1.38 bits per heavy atom. The Morgan fingerprint density at radius 3 is 2.72 bits per heavy atom. The predicted octanol–water partition coefficient (Wildman–Crippen LogP) is 3.05. The Morgan fingerprint density at radius 2 is 2.10 bits per heavy atom. The van der Waals surface area contributed by atoms with Gasteiger partial charge >= 0.3 is 5.97 Å². The molecule has 0 radical (unpaired) electrons. The highest BCUT2D eigenvalue weighted by Gasteiger charge is 2.47. The zero-order chi connectivity index (χ0) is 20.6. The molecule has 1 aromatic rings. The molecule has 29 heavy (non-hydrogen) atoms. The number of methoxy groups -OCH3 is 1. The van der Waals surface area contributed by atoms with E-state index in [1.165, 1.54) is 13.2 Å². The van der Waals surface area contributed by atoms with E-state index in [0.29, 0.717) is 35.7 Å². The van der Waals surface area contributed by atoms with Crippen LogP contribution in [0.3, 0.4) is 0 Å². The molecule has 2 aliphatic heterocycles. The number of likely N-dealkylation sites (tertiary alicyclic amines) is 1. The molecule has 0 aromatic heterocycles. The lowest BCUT2D eigenvalue weighted by molar-refractivity contribution is -0.174. The van der Waals surface area contributed by atoms with E-state index in [-0.39, 0.29) is 36.3 Å². The van der Waals surface area contributed by atoms with Crippen molar-refractivity contribution in [3.05, 3.63) is 34.1 Å². The van der Waals surface area contributed by atoms with Crippen molar-refractivity contribution >= 4 is 27.8 Å². The number of esters is 1. The molecule has 8 heteroatoms. The van der Waals surface area contributed by atoms with Crippen LogP contribution in [-0.2, 0) is 19.1 Å². The Kier molecular flexibility index (Phi) is 5.95. The van der Waals surface area contributed by atoms with Crippen molar-refractivity contribution in [1.82, 2.24) is 9.80 Å². The number of ether oxygens (including phenoxy) is 2. The topological polar surface area (TPSA) is 59.1 Å². The van der Waals surface area contributed by atoms with Gasteiger partial charge < -0.3 is 14.4 Å². The smallest absolute Gasteiger partial charge is 0.307 e. The molecule has 2 heterocycles. The monoisotopic (exact) mass is 468 g/mol. The number of rotatable bonds is 5. The van der Waals surface area contributed by atoms with Crippen molar-refractivity contribution in [2.24, 2.45) is 0 Å². The van der Waals surface area contributed by atoms with E-state index in [1.54, 1.807) is 12.1 Å². The first-order valence-electron chi connectivity index (χ1n) is 10.1.